The number of ether oxygens (including phenoxy) is 1. The fourth-order valence-corrected chi connectivity index (χ4v) is 3.40. The fourth-order valence-electron chi connectivity index (χ4n) is 3.40. The summed E-state index contributed by atoms with van der Waals surface area (Å²) in [6, 6.07) is 17.5. The molecule has 1 unspecified atom stereocenters. The van der Waals surface area contributed by atoms with Crippen LogP contribution < -0.4 is 10.1 Å². The lowest BCUT2D eigenvalue weighted by molar-refractivity contribution is -0.141. The molecule has 3 rings (SSSR count). The van der Waals surface area contributed by atoms with Gasteiger partial charge in [-0.3, -0.25) is 9.59 Å². The first-order valence-electron chi connectivity index (χ1n) is 9.37. The number of likely N-dealkylation sites (tertiary alicyclic amines) is 1. The van der Waals surface area contributed by atoms with E-state index in [0.29, 0.717) is 32.5 Å². The molecule has 2 aromatic carbocycles. The average Bonchev–Trinajstić information content (AvgIpc) is 2.98. The summed E-state index contributed by atoms with van der Waals surface area (Å²) >= 11 is 0. The first kappa shape index (κ1) is 19.0. The zero-order valence-electron chi connectivity index (χ0n) is 15.9. The van der Waals surface area contributed by atoms with Crippen LogP contribution in [0.3, 0.4) is 0 Å². The van der Waals surface area contributed by atoms with E-state index in [1.54, 1.807) is 4.90 Å². The highest BCUT2D eigenvalue weighted by Crippen LogP contribution is 2.32. The predicted octanol–water partition coefficient (Wildman–Crippen LogP) is 3.28. The molecule has 2 amide bonds. The second kappa shape index (κ2) is 8.25. The summed E-state index contributed by atoms with van der Waals surface area (Å²) in [5, 5.41) is 2.99. The lowest BCUT2D eigenvalue weighted by Crippen LogP contribution is -2.53. The van der Waals surface area contributed by atoms with Gasteiger partial charge in [0.25, 0.3) is 0 Å². The summed E-state index contributed by atoms with van der Waals surface area (Å²) in [5.74, 6) is 0.710. The molecule has 1 saturated heterocycles. The molecule has 1 fully saturated rings. The van der Waals surface area contributed by atoms with Gasteiger partial charge in [-0.05, 0) is 43.5 Å². The van der Waals surface area contributed by atoms with E-state index in [9.17, 15) is 9.59 Å². The Morgan fingerprint density at radius 2 is 1.81 bits per heavy atom. The Kier molecular flexibility index (Phi) is 5.79. The maximum absolute atomic E-state index is 12.9. The molecule has 0 spiro atoms. The number of amides is 2. The van der Waals surface area contributed by atoms with E-state index < -0.39 is 5.54 Å². The monoisotopic (exact) mass is 366 g/mol. The molecule has 0 aliphatic carbocycles. The zero-order chi connectivity index (χ0) is 19.3. The third-order valence-corrected chi connectivity index (χ3v) is 5.08. The third kappa shape index (κ3) is 4.30. The Labute approximate surface area is 160 Å². The molecule has 0 saturated carbocycles. The Hall–Kier alpha value is -2.82. The number of carbonyl (C=O) groups is 2. The number of nitrogens with one attached hydrogen (secondary N) is 1. The molecular weight excluding hydrogens is 340 g/mol. The van der Waals surface area contributed by atoms with Gasteiger partial charge in [0.1, 0.15) is 11.3 Å². The largest absolute Gasteiger partial charge is 0.494 e. The topological polar surface area (TPSA) is 58.6 Å². The summed E-state index contributed by atoms with van der Waals surface area (Å²) in [6.45, 7) is 5.29. The molecular formula is C22H26N2O3. The van der Waals surface area contributed by atoms with Crippen molar-refractivity contribution < 1.29 is 14.3 Å². The van der Waals surface area contributed by atoms with Crippen LogP contribution in [0.2, 0.25) is 0 Å². The maximum Gasteiger partial charge on any atom is 0.245 e. The first-order chi connectivity index (χ1) is 13.0. The van der Waals surface area contributed by atoms with Crippen molar-refractivity contribution >= 4 is 11.8 Å². The molecule has 1 atom stereocenters. The maximum atomic E-state index is 12.9. The van der Waals surface area contributed by atoms with E-state index in [1.807, 2.05) is 68.4 Å². The van der Waals surface area contributed by atoms with Crippen LogP contribution in [0.1, 0.15) is 37.8 Å². The van der Waals surface area contributed by atoms with E-state index in [-0.39, 0.29) is 11.8 Å². The fraction of sp³-hybridized carbons (Fsp3) is 0.364. The quantitative estimate of drug-likeness (QED) is 0.818. The van der Waals surface area contributed by atoms with Gasteiger partial charge in [-0.1, -0.05) is 42.5 Å². The molecule has 1 aliphatic heterocycles. The predicted molar refractivity (Wildman–Crippen MR) is 104 cm³/mol. The summed E-state index contributed by atoms with van der Waals surface area (Å²) < 4.78 is 5.46. The van der Waals surface area contributed by atoms with Crippen LogP contribution in [0.15, 0.2) is 54.6 Å². The zero-order valence-corrected chi connectivity index (χ0v) is 15.9. The molecule has 1 N–H and O–H groups in total. The van der Waals surface area contributed by atoms with Gasteiger partial charge in [0.2, 0.25) is 11.8 Å². The van der Waals surface area contributed by atoms with E-state index in [1.165, 1.54) is 0 Å². The number of benzene rings is 2. The highest BCUT2D eigenvalue weighted by molar-refractivity contribution is 5.94. The van der Waals surface area contributed by atoms with Crippen LogP contribution >= 0.6 is 0 Å². The number of rotatable bonds is 7. The van der Waals surface area contributed by atoms with E-state index >= 15 is 0 Å². The number of carbonyl (C=O) groups excluding carboxylic acids is 2. The highest BCUT2D eigenvalue weighted by Gasteiger charge is 2.46. The summed E-state index contributed by atoms with van der Waals surface area (Å²) in [7, 11) is 0. The molecule has 1 heterocycles. The lowest BCUT2D eigenvalue weighted by atomic mass is 9.97. The SMILES string of the molecule is CCOc1ccc(CN2C(=O)CCC2(C)C(=O)NCc2ccccc2)cc1. The van der Waals surface area contributed by atoms with Gasteiger partial charge in [0, 0.05) is 19.5 Å². The molecule has 2 aromatic rings. The van der Waals surface area contributed by atoms with E-state index in [0.717, 1.165) is 16.9 Å². The number of hydrogen-bond donors (Lipinski definition) is 1. The molecule has 5 heteroatoms. The van der Waals surface area contributed by atoms with Crippen LogP contribution in [0.5, 0.6) is 5.75 Å². The van der Waals surface area contributed by atoms with Gasteiger partial charge >= 0.3 is 0 Å². The van der Waals surface area contributed by atoms with Crippen molar-refractivity contribution in [1.82, 2.24) is 10.2 Å². The summed E-state index contributed by atoms with van der Waals surface area (Å²) in [4.78, 5) is 27.1. The van der Waals surface area contributed by atoms with Crippen LogP contribution in [0.4, 0.5) is 0 Å². The smallest absolute Gasteiger partial charge is 0.245 e. The van der Waals surface area contributed by atoms with Gasteiger partial charge in [0.15, 0.2) is 0 Å². The Morgan fingerprint density at radius 1 is 1.11 bits per heavy atom. The molecule has 142 valence electrons. The molecule has 5 nitrogen and oxygen atoms in total. The van der Waals surface area contributed by atoms with E-state index in [2.05, 4.69) is 5.32 Å². The first-order valence-corrected chi connectivity index (χ1v) is 9.37. The van der Waals surface area contributed by atoms with Crippen LogP contribution in [-0.4, -0.2) is 28.9 Å². The Balaban J connectivity index is 1.69. The molecule has 1 aliphatic rings. The van der Waals surface area contributed by atoms with Crippen LogP contribution in [0.25, 0.3) is 0 Å². The molecule has 0 radical (unpaired) electrons. The minimum atomic E-state index is -0.829. The highest BCUT2D eigenvalue weighted by atomic mass is 16.5. The summed E-state index contributed by atoms with van der Waals surface area (Å²) in [6.07, 6.45) is 0.926. The molecule has 0 bridgehead atoms. The Bertz CT molecular complexity index is 789. The lowest BCUT2D eigenvalue weighted by Gasteiger charge is -2.34. The minimum absolute atomic E-state index is 0.0150. The Morgan fingerprint density at radius 3 is 2.48 bits per heavy atom. The summed E-state index contributed by atoms with van der Waals surface area (Å²) in [5.41, 5.74) is 1.19. The van der Waals surface area contributed by atoms with Gasteiger partial charge in [-0.15, -0.1) is 0 Å². The van der Waals surface area contributed by atoms with Crippen molar-refractivity contribution in [2.24, 2.45) is 0 Å². The van der Waals surface area contributed by atoms with Crippen molar-refractivity contribution in [2.45, 2.75) is 45.3 Å². The van der Waals surface area contributed by atoms with Gasteiger partial charge in [-0.25, -0.2) is 0 Å². The molecule has 0 aromatic heterocycles. The second-order valence-electron chi connectivity index (χ2n) is 7.00. The second-order valence-corrected chi connectivity index (χ2v) is 7.00. The van der Waals surface area contributed by atoms with Crippen molar-refractivity contribution in [1.29, 1.82) is 0 Å². The minimum Gasteiger partial charge on any atom is -0.494 e. The standard InChI is InChI=1S/C22H26N2O3/c1-3-27-19-11-9-18(10-12-19)16-24-20(25)13-14-22(24,2)21(26)23-15-17-7-5-4-6-8-17/h4-12H,3,13-16H2,1-2H3,(H,23,26). The molecule has 27 heavy (non-hydrogen) atoms. The van der Waals surface area contributed by atoms with Crippen molar-refractivity contribution in [2.75, 3.05) is 6.61 Å². The van der Waals surface area contributed by atoms with Crippen molar-refractivity contribution in [3.63, 3.8) is 0 Å². The average molecular weight is 366 g/mol. The normalized spacial score (nSPS) is 19.2. The van der Waals surface area contributed by atoms with Gasteiger partial charge < -0.3 is 15.0 Å². The third-order valence-electron chi connectivity index (χ3n) is 5.08. The number of hydrogen-bond acceptors (Lipinski definition) is 3. The van der Waals surface area contributed by atoms with Crippen LogP contribution in [-0.2, 0) is 22.7 Å². The van der Waals surface area contributed by atoms with Crippen molar-refractivity contribution in [3.8, 4) is 5.75 Å². The van der Waals surface area contributed by atoms with Gasteiger partial charge in [-0.2, -0.15) is 0 Å². The van der Waals surface area contributed by atoms with E-state index in [4.69, 9.17) is 4.74 Å². The number of nitrogens with zero attached hydrogens (tertiary/aromatic N) is 1. The van der Waals surface area contributed by atoms with Gasteiger partial charge in [0.05, 0.1) is 6.61 Å². The van der Waals surface area contributed by atoms with Crippen LogP contribution in [0, 0.1) is 0 Å². The van der Waals surface area contributed by atoms with Crippen molar-refractivity contribution in [3.05, 3.63) is 65.7 Å².